The molecule has 0 bridgehead atoms. The molecule has 2 aromatic rings. The van der Waals surface area contributed by atoms with Crippen molar-refractivity contribution in [1.29, 1.82) is 0 Å². The van der Waals surface area contributed by atoms with Gasteiger partial charge in [-0.2, -0.15) is 5.10 Å². The van der Waals surface area contributed by atoms with Crippen molar-refractivity contribution in [3.63, 3.8) is 0 Å². The average molecular weight is 351 g/mol. The van der Waals surface area contributed by atoms with Crippen LogP contribution < -0.4 is 0 Å². The van der Waals surface area contributed by atoms with Gasteiger partial charge in [0, 0.05) is 23.2 Å². The van der Waals surface area contributed by atoms with Gasteiger partial charge in [0.15, 0.2) is 11.6 Å². The van der Waals surface area contributed by atoms with Crippen LogP contribution in [0.4, 0.5) is 0 Å². The molecule has 0 atom stereocenters. The molecule has 0 aliphatic carbocycles. The van der Waals surface area contributed by atoms with Gasteiger partial charge in [-0.05, 0) is 24.6 Å². The van der Waals surface area contributed by atoms with Gasteiger partial charge in [-0.15, -0.1) is 0 Å². The first-order chi connectivity index (χ1) is 10.0. The second kappa shape index (κ2) is 6.98. The monoisotopic (exact) mass is 350 g/mol. The van der Waals surface area contributed by atoms with Gasteiger partial charge in [0.2, 0.25) is 0 Å². The lowest BCUT2D eigenvalue weighted by atomic mass is 10.1. The van der Waals surface area contributed by atoms with Crippen LogP contribution in [0, 0.1) is 0 Å². The number of hydrogen-bond acceptors (Lipinski definition) is 3. The molecular weight excluding hydrogens is 332 g/mol. The molecule has 0 aliphatic rings. The van der Waals surface area contributed by atoms with Crippen molar-refractivity contribution in [3.8, 4) is 0 Å². The molecule has 0 unspecified atom stereocenters. The number of aromatic nitrogens is 2. The van der Waals surface area contributed by atoms with Crippen molar-refractivity contribution in [2.75, 3.05) is 0 Å². The van der Waals surface area contributed by atoms with E-state index < -0.39 is 0 Å². The summed E-state index contributed by atoms with van der Waals surface area (Å²) >= 11 is 3.40. The number of nitrogens with zero attached hydrogens (tertiary/aromatic N) is 2. The zero-order valence-electron chi connectivity index (χ0n) is 12.4. The van der Waals surface area contributed by atoms with Crippen LogP contribution in [0.15, 0.2) is 22.7 Å². The molecule has 2 rings (SSSR count). The van der Waals surface area contributed by atoms with E-state index in [0.29, 0.717) is 12.1 Å². The van der Waals surface area contributed by atoms with E-state index in [4.69, 9.17) is 0 Å². The molecule has 1 aromatic carbocycles. The normalized spacial score (nSPS) is 11.0. The van der Waals surface area contributed by atoms with E-state index >= 15 is 0 Å². The van der Waals surface area contributed by atoms with Gasteiger partial charge in [0.1, 0.15) is 12.2 Å². The molecule has 0 saturated carbocycles. The Hall–Kier alpha value is -1.49. The second-order valence-corrected chi connectivity index (χ2v) is 6.14. The first-order valence-corrected chi connectivity index (χ1v) is 8.01. The number of carbonyl (C=O) groups is 2. The SMILES string of the molecule is CCCCCC(=O)Cn1nc(C(C)=O)c2cc(Br)ccc21. The summed E-state index contributed by atoms with van der Waals surface area (Å²) in [5, 5.41) is 5.11. The van der Waals surface area contributed by atoms with E-state index in [1.54, 1.807) is 4.68 Å². The number of unbranched alkanes of at least 4 members (excludes halogenated alkanes) is 2. The van der Waals surface area contributed by atoms with Crippen LogP contribution in [0.25, 0.3) is 10.9 Å². The number of rotatable bonds is 7. The molecule has 1 heterocycles. The number of halogens is 1. The van der Waals surface area contributed by atoms with E-state index in [-0.39, 0.29) is 18.1 Å². The highest BCUT2D eigenvalue weighted by Crippen LogP contribution is 2.23. The van der Waals surface area contributed by atoms with Crippen LogP contribution in [0.3, 0.4) is 0 Å². The fourth-order valence-corrected chi connectivity index (χ4v) is 2.71. The third kappa shape index (κ3) is 3.79. The third-order valence-corrected chi connectivity index (χ3v) is 3.92. The molecule has 0 fully saturated rings. The smallest absolute Gasteiger partial charge is 0.180 e. The van der Waals surface area contributed by atoms with Crippen molar-refractivity contribution in [1.82, 2.24) is 9.78 Å². The fourth-order valence-electron chi connectivity index (χ4n) is 2.35. The third-order valence-electron chi connectivity index (χ3n) is 3.43. The quantitative estimate of drug-likeness (QED) is 0.556. The molecule has 112 valence electrons. The molecule has 0 spiro atoms. The lowest BCUT2D eigenvalue weighted by Crippen LogP contribution is -2.11. The highest BCUT2D eigenvalue weighted by atomic mass is 79.9. The summed E-state index contributed by atoms with van der Waals surface area (Å²) in [6.45, 7) is 3.84. The molecule has 0 amide bonds. The summed E-state index contributed by atoms with van der Waals surface area (Å²) in [4.78, 5) is 23.7. The Balaban J connectivity index is 2.28. The van der Waals surface area contributed by atoms with Crippen LogP contribution in [0.5, 0.6) is 0 Å². The van der Waals surface area contributed by atoms with E-state index in [1.807, 2.05) is 18.2 Å². The van der Waals surface area contributed by atoms with Crippen LogP contribution >= 0.6 is 15.9 Å². The zero-order valence-corrected chi connectivity index (χ0v) is 13.9. The summed E-state index contributed by atoms with van der Waals surface area (Å²) in [6.07, 6.45) is 3.65. The van der Waals surface area contributed by atoms with Gasteiger partial charge in [0.05, 0.1) is 5.52 Å². The Morgan fingerprint density at radius 2 is 2.05 bits per heavy atom. The summed E-state index contributed by atoms with van der Waals surface area (Å²) in [5.74, 6) is 0.0705. The van der Waals surface area contributed by atoms with Crippen LogP contribution in [0.1, 0.15) is 50.0 Å². The van der Waals surface area contributed by atoms with Gasteiger partial charge < -0.3 is 0 Å². The molecule has 0 N–H and O–H groups in total. The van der Waals surface area contributed by atoms with Crippen molar-refractivity contribution < 1.29 is 9.59 Å². The summed E-state index contributed by atoms with van der Waals surface area (Å²) in [7, 11) is 0. The highest BCUT2D eigenvalue weighted by Gasteiger charge is 2.16. The second-order valence-electron chi connectivity index (χ2n) is 5.22. The number of Topliss-reactive ketones (excluding diaryl/α,β-unsaturated/α-hetero) is 2. The molecule has 21 heavy (non-hydrogen) atoms. The fraction of sp³-hybridized carbons (Fsp3) is 0.438. The van der Waals surface area contributed by atoms with Crippen LogP contribution in [-0.4, -0.2) is 21.3 Å². The van der Waals surface area contributed by atoms with Gasteiger partial charge in [-0.25, -0.2) is 0 Å². The molecule has 0 saturated heterocycles. The van der Waals surface area contributed by atoms with Crippen molar-refractivity contribution in [2.45, 2.75) is 46.1 Å². The Bertz CT molecular complexity index is 676. The van der Waals surface area contributed by atoms with E-state index in [9.17, 15) is 9.59 Å². The summed E-state index contributed by atoms with van der Waals surface area (Å²) in [5.41, 5.74) is 1.25. The first kappa shape index (κ1) is 15.9. The number of hydrogen-bond donors (Lipinski definition) is 0. The van der Waals surface area contributed by atoms with E-state index in [1.165, 1.54) is 6.92 Å². The lowest BCUT2D eigenvalue weighted by Gasteiger charge is -2.03. The van der Waals surface area contributed by atoms with Gasteiger partial charge in [0.25, 0.3) is 0 Å². The Morgan fingerprint density at radius 1 is 1.29 bits per heavy atom. The Kier molecular flexibility index (Phi) is 5.28. The Morgan fingerprint density at radius 3 is 2.71 bits per heavy atom. The molecule has 0 aliphatic heterocycles. The van der Waals surface area contributed by atoms with Crippen molar-refractivity contribution in [2.24, 2.45) is 0 Å². The average Bonchev–Trinajstić information content (AvgIpc) is 2.77. The zero-order chi connectivity index (χ0) is 15.4. The predicted octanol–water partition coefficient (Wildman–Crippen LogP) is 4.15. The number of benzene rings is 1. The van der Waals surface area contributed by atoms with Crippen molar-refractivity contribution >= 4 is 38.4 Å². The minimum absolute atomic E-state index is 0.0877. The summed E-state index contributed by atoms with van der Waals surface area (Å²) in [6, 6.07) is 5.65. The number of ketones is 2. The maximum atomic E-state index is 12.0. The van der Waals surface area contributed by atoms with E-state index in [0.717, 1.165) is 34.6 Å². The van der Waals surface area contributed by atoms with Gasteiger partial charge in [-0.3, -0.25) is 14.3 Å². The molecule has 0 radical (unpaired) electrons. The maximum absolute atomic E-state index is 12.0. The largest absolute Gasteiger partial charge is 0.298 e. The molecular formula is C16H19BrN2O2. The predicted molar refractivity (Wildman–Crippen MR) is 86.6 cm³/mol. The highest BCUT2D eigenvalue weighted by molar-refractivity contribution is 9.10. The first-order valence-electron chi connectivity index (χ1n) is 7.21. The summed E-state index contributed by atoms with van der Waals surface area (Å²) < 4.78 is 2.54. The molecule has 5 heteroatoms. The standard InChI is InChI=1S/C16H19BrN2O2/c1-3-4-5-6-13(21)10-19-15-8-7-12(17)9-14(15)16(18-19)11(2)20/h7-9H,3-6,10H2,1-2H3. The van der Waals surface area contributed by atoms with Crippen LogP contribution in [0.2, 0.25) is 0 Å². The van der Waals surface area contributed by atoms with Crippen LogP contribution in [-0.2, 0) is 11.3 Å². The molecule has 4 nitrogen and oxygen atoms in total. The Labute approximate surface area is 132 Å². The van der Waals surface area contributed by atoms with Crippen molar-refractivity contribution in [3.05, 3.63) is 28.4 Å². The molecule has 1 aromatic heterocycles. The number of fused-ring (bicyclic) bond motifs is 1. The maximum Gasteiger partial charge on any atom is 0.180 e. The minimum Gasteiger partial charge on any atom is -0.298 e. The number of carbonyl (C=O) groups excluding carboxylic acids is 2. The van der Waals surface area contributed by atoms with Gasteiger partial charge in [-0.1, -0.05) is 35.7 Å². The topological polar surface area (TPSA) is 52.0 Å². The minimum atomic E-state index is -0.0877. The van der Waals surface area contributed by atoms with E-state index in [2.05, 4.69) is 28.0 Å². The van der Waals surface area contributed by atoms with Gasteiger partial charge >= 0.3 is 0 Å². The lowest BCUT2D eigenvalue weighted by molar-refractivity contribution is -0.119.